The SMILES string of the molecule is O=C(CCn1cncn1)C1CC(c2ccc(NC(=O)N3Cc4ccncc4C3)cc2)=CCN1. The van der Waals surface area contributed by atoms with Crippen molar-refractivity contribution in [2.24, 2.45) is 0 Å². The fourth-order valence-electron chi connectivity index (χ4n) is 4.24. The molecule has 2 aromatic heterocycles. The third-order valence-electron chi connectivity index (χ3n) is 6.10. The van der Waals surface area contributed by atoms with E-state index in [4.69, 9.17) is 0 Å². The Labute approximate surface area is 191 Å². The maximum absolute atomic E-state index is 12.7. The van der Waals surface area contributed by atoms with E-state index in [2.05, 4.69) is 31.8 Å². The van der Waals surface area contributed by atoms with E-state index in [-0.39, 0.29) is 17.9 Å². The number of benzene rings is 1. The van der Waals surface area contributed by atoms with E-state index in [1.54, 1.807) is 22.1 Å². The molecular formula is C24H25N7O2. The van der Waals surface area contributed by atoms with Crippen LogP contribution in [-0.2, 0) is 24.4 Å². The van der Waals surface area contributed by atoms with Gasteiger partial charge in [0.05, 0.1) is 6.04 Å². The van der Waals surface area contributed by atoms with Crippen LogP contribution >= 0.6 is 0 Å². The highest BCUT2D eigenvalue weighted by atomic mass is 16.2. The average molecular weight is 444 g/mol. The zero-order chi connectivity index (χ0) is 22.6. The van der Waals surface area contributed by atoms with Crippen molar-refractivity contribution in [2.75, 3.05) is 11.9 Å². The summed E-state index contributed by atoms with van der Waals surface area (Å²) in [4.78, 5) is 35.1. The van der Waals surface area contributed by atoms with Gasteiger partial charge in [-0.1, -0.05) is 18.2 Å². The molecule has 0 bridgehead atoms. The lowest BCUT2D eigenvalue weighted by Crippen LogP contribution is -2.40. The lowest BCUT2D eigenvalue weighted by molar-refractivity contribution is -0.121. The van der Waals surface area contributed by atoms with E-state index >= 15 is 0 Å². The lowest BCUT2D eigenvalue weighted by Gasteiger charge is -2.24. The van der Waals surface area contributed by atoms with Crippen LogP contribution in [-0.4, -0.2) is 49.0 Å². The van der Waals surface area contributed by atoms with Crippen LogP contribution in [0.1, 0.15) is 29.5 Å². The monoisotopic (exact) mass is 443 g/mol. The molecule has 33 heavy (non-hydrogen) atoms. The van der Waals surface area contributed by atoms with E-state index < -0.39 is 0 Å². The van der Waals surface area contributed by atoms with Crippen molar-refractivity contribution in [2.45, 2.75) is 38.5 Å². The number of carbonyl (C=O) groups is 2. The molecule has 1 atom stereocenters. The van der Waals surface area contributed by atoms with E-state index in [0.717, 1.165) is 28.0 Å². The number of nitrogens with one attached hydrogen (secondary N) is 2. The molecule has 4 heterocycles. The third kappa shape index (κ3) is 4.83. The number of aryl methyl sites for hydroxylation is 1. The van der Waals surface area contributed by atoms with Gasteiger partial charge in [-0.25, -0.2) is 9.78 Å². The maximum atomic E-state index is 12.7. The van der Waals surface area contributed by atoms with Crippen molar-refractivity contribution in [1.29, 1.82) is 0 Å². The highest BCUT2D eigenvalue weighted by Gasteiger charge is 2.24. The molecule has 0 saturated carbocycles. The summed E-state index contributed by atoms with van der Waals surface area (Å²) in [6.07, 6.45) is 9.83. The lowest BCUT2D eigenvalue weighted by atomic mass is 9.92. The first kappa shape index (κ1) is 21.0. The quantitative estimate of drug-likeness (QED) is 0.607. The van der Waals surface area contributed by atoms with Crippen LogP contribution in [0.2, 0.25) is 0 Å². The molecule has 1 unspecified atom stereocenters. The number of fused-ring (bicyclic) bond motifs is 1. The Morgan fingerprint density at radius 3 is 2.73 bits per heavy atom. The van der Waals surface area contributed by atoms with Crippen LogP contribution < -0.4 is 10.6 Å². The second-order valence-electron chi connectivity index (χ2n) is 8.28. The van der Waals surface area contributed by atoms with Gasteiger partial charge in [0.15, 0.2) is 5.78 Å². The third-order valence-corrected chi connectivity index (χ3v) is 6.10. The van der Waals surface area contributed by atoms with Gasteiger partial charge < -0.3 is 15.5 Å². The van der Waals surface area contributed by atoms with Crippen LogP contribution in [0.15, 0.2) is 61.5 Å². The van der Waals surface area contributed by atoms with Gasteiger partial charge in [0, 0.05) is 50.7 Å². The van der Waals surface area contributed by atoms with Crippen molar-refractivity contribution in [3.63, 3.8) is 0 Å². The van der Waals surface area contributed by atoms with Crippen LogP contribution in [0.5, 0.6) is 0 Å². The normalized spacial score (nSPS) is 17.4. The van der Waals surface area contributed by atoms with Gasteiger partial charge >= 0.3 is 6.03 Å². The number of amides is 2. The summed E-state index contributed by atoms with van der Waals surface area (Å²) in [6, 6.07) is 9.41. The number of ketones is 1. The molecule has 9 nitrogen and oxygen atoms in total. The summed E-state index contributed by atoms with van der Waals surface area (Å²) in [5, 5.41) is 10.3. The van der Waals surface area contributed by atoms with Gasteiger partial charge in [-0.05, 0) is 46.9 Å². The largest absolute Gasteiger partial charge is 0.322 e. The van der Waals surface area contributed by atoms with Crippen LogP contribution in [0.4, 0.5) is 10.5 Å². The van der Waals surface area contributed by atoms with Gasteiger partial charge in [-0.2, -0.15) is 5.10 Å². The molecule has 2 aliphatic rings. The first-order valence-corrected chi connectivity index (χ1v) is 11.0. The summed E-state index contributed by atoms with van der Waals surface area (Å²) in [5.41, 5.74) is 5.16. The summed E-state index contributed by atoms with van der Waals surface area (Å²) in [5.74, 6) is 0.168. The Morgan fingerprint density at radius 1 is 1.09 bits per heavy atom. The summed E-state index contributed by atoms with van der Waals surface area (Å²) in [7, 11) is 0. The number of Topliss-reactive ketones (excluding diaryl/α,β-unsaturated/α-hetero) is 1. The molecule has 3 aromatic rings. The fourth-order valence-corrected chi connectivity index (χ4v) is 4.24. The highest BCUT2D eigenvalue weighted by molar-refractivity contribution is 5.90. The topological polar surface area (TPSA) is 105 Å². The second-order valence-corrected chi connectivity index (χ2v) is 8.28. The van der Waals surface area contributed by atoms with E-state index in [9.17, 15) is 9.59 Å². The number of hydrogen-bond donors (Lipinski definition) is 2. The Kier molecular flexibility index (Phi) is 5.95. The molecule has 2 amide bonds. The van der Waals surface area contributed by atoms with E-state index in [1.807, 2.05) is 36.5 Å². The van der Waals surface area contributed by atoms with Crippen molar-refractivity contribution in [1.82, 2.24) is 30.0 Å². The van der Waals surface area contributed by atoms with Crippen LogP contribution in [0.3, 0.4) is 0 Å². The minimum Gasteiger partial charge on any atom is -0.316 e. The molecule has 9 heteroatoms. The summed E-state index contributed by atoms with van der Waals surface area (Å²) < 4.78 is 1.67. The zero-order valence-corrected chi connectivity index (χ0v) is 18.1. The van der Waals surface area contributed by atoms with Gasteiger partial charge in [0.1, 0.15) is 12.7 Å². The minimum absolute atomic E-state index is 0.127. The van der Waals surface area contributed by atoms with Crippen molar-refractivity contribution in [3.05, 3.63) is 78.1 Å². The number of aromatic nitrogens is 4. The first-order valence-electron chi connectivity index (χ1n) is 11.0. The molecule has 1 aromatic carbocycles. The molecule has 0 aliphatic carbocycles. The molecule has 0 saturated heterocycles. The molecule has 0 fully saturated rings. The predicted molar refractivity (Wildman–Crippen MR) is 123 cm³/mol. The Hall–Kier alpha value is -3.85. The summed E-state index contributed by atoms with van der Waals surface area (Å²) in [6.45, 7) is 2.34. The number of urea groups is 1. The number of anilines is 1. The van der Waals surface area contributed by atoms with Gasteiger partial charge in [-0.3, -0.25) is 14.5 Å². The van der Waals surface area contributed by atoms with Crippen LogP contribution in [0, 0.1) is 0 Å². The van der Waals surface area contributed by atoms with E-state index in [0.29, 0.717) is 39.0 Å². The second kappa shape index (κ2) is 9.33. The van der Waals surface area contributed by atoms with Crippen molar-refractivity contribution in [3.8, 4) is 0 Å². The van der Waals surface area contributed by atoms with Crippen molar-refractivity contribution >= 4 is 23.1 Å². The Bertz CT molecular complexity index is 1150. The van der Waals surface area contributed by atoms with Gasteiger partial charge in [0.2, 0.25) is 0 Å². The average Bonchev–Trinajstić information content (AvgIpc) is 3.53. The van der Waals surface area contributed by atoms with Crippen molar-refractivity contribution < 1.29 is 9.59 Å². The summed E-state index contributed by atoms with van der Waals surface area (Å²) >= 11 is 0. The van der Waals surface area contributed by atoms with E-state index in [1.165, 1.54) is 6.33 Å². The molecule has 0 spiro atoms. The molecule has 2 N–H and O–H groups in total. The molecule has 168 valence electrons. The molecule has 2 aliphatic heterocycles. The minimum atomic E-state index is -0.209. The Morgan fingerprint density at radius 2 is 1.94 bits per heavy atom. The first-order chi connectivity index (χ1) is 16.2. The molecular weight excluding hydrogens is 418 g/mol. The van der Waals surface area contributed by atoms with Crippen LogP contribution in [0.25, 0.3) is 5.57 Å². The number of nitrogens with zero attached hydrogens (tertiary/aromatic N) is 5. The van der Waals surface area contributed by atoms with Gasteiger partial charge in [-0.15, -0.1) is 0 Å². The Balaban J connectivity index is 1.16. The number of hydrogen-bond acceptors (Lipinski definition) is 6. The fraction of sp³-hybridized carbons (Fsp3) is 0.292. The highest BCUT2D eigenvalue weighted by Crippen LogP contribution is 2.26. The smallest absolute Gasteiger partial charge is 0.316 e. The van der Waals surface area contributed by atoms with Gasteiger partial charge in [0.25, 0.3) is 0 Å². The number of pyridine rings is 1. The molecule has 0 radical (unpaired) electrons. The standard InChI is InChI=1S/C24H25N7O2/c32-23(7-10-31-16-26-15-28-31)22-11-18(6-9-27-22)17-1-3-21(4-2-17)29-24(33)30-13-19-5-8-25-12-20(19)14-30/h1-6,8,12,15-16,22,27H,7,9-11,13-14H2,(H,29,33). The molecule has 5 rings (SSSR count). The predicted octanol–water partition coefficient (Wildman–Crippen LogP) is 2.63. The maximum Gasteiger partial charge on any atom is 0.322 e. The zero-order valence-electron chi connectivity index (χ0n) is 18.1. The number of rotatable bonds is 6. The number of carbonyl (C=O) groups excluding carboxylic acids is 2.